The Labute approximate surface area is 166 Å². The van der Waals surface area contributed by atoms with Crippen LogP contribution in [0.15, 0.2) is 30.5 Å². The number of carbonyl (C=O) groups excluding carboxylic acids is 1. The topological polar surface area (TPSA) is 97.2 Å². The van der Waals surface area contributed by atoms with E-state index in [0.29, 0.717) is 37.6 Å². The van der Waals surface area contributed by atoms with Crippen LogP contribution in [0, 0.1) is 5.92 Å². The van der Waals surface area contributed by atoms with Gasteiger partial charge in [-0.15, -0.1) is 0 Å². The first-order valence-corrected chi connectivity index (χ1v) is 11.2. The fourth-order valence-corrected chi connectivity index (χ4v) is 4.04. The second-order valence-electron chi connectivity index (χ2n) is 8.19. The van der Waals surface area contributed by atoms with Gasteiger partial charge in [-0.2, -0.15) is 9.78 Å². The number of anilines is 1. The Hall–Kier alpha value is -2.26. The molecule has 28 heavy (non-hydrogen) atoms. The Bertz CT molecular complexity index is 940. The van der Waals surface area contributed by atoms with E-state index in [2.05, 4.69) is 36.2 Å². The van der Waals surface area contributed by atoms with Gasteiger partial charge in [-0.25, -0.2) is 17.7 Å². The number of amides is 1. The number of carbonyl (C=O) groups is 1. The summed E-state index contributed by atoms with van der Waals surface area (Å²) in [4.78, 5) is 17.2. The molecular formula is C19H27N5O3S. The number of nitrogens with one attached hydrogen (secondary N) is 1. The molecule has 2 aromatic rings. The Kier molecular flexibility index (Phi) is 5.58. The molecule has 0 radical (unpaired) electrons. The maximum absolute atomic E-state index is 12.8. The van der Waals surface area contributed by atoms with Crippen LogP contribution in [0.25, 0.3) is 5.82 Å². The van der Waals surface area contributed by atoms with Crippen molar-refractivity contribution in [2.45, 2.75) is 39.0 Å². The van der Waals surface area contributed by atoms with Crippen molar-refractivity contribution < 1.29 is 13.2 Å². The highest BCUT2D eigenvalue weighted by Gasteiger charge is 2.30. The van der Waals surface area contributed by atoms with E-state index in [4.69, 9.17) is 0 Å². The Morgan fingerprint density at radius 1 is 1.21 bits per heavy atom. The minimum absolute atomic E-state index is 0.120. The SMILES string of the molecule is CC(C)(C)c1cc(NC(=O)C2CCN(S(C)(=O)=O)CC2)n(-c2ccccn2)n1. The summed E-state index contributed by atoms with van der Waals surface area (Å²) >= 11 is 0. The lowest BCUT2D eigenvalue weighted by atomic mass is 9.92. The molecule has 0 bridgehead atoms. The van der Waals surface area contributed by atoms with Crippen LogP contribution in [0.4, 0.5) is 5.82 Å². The summed E-state index contributed by atoms with van der Waals surface area (Å²) in [6.45, 7) is 6.91. The second kappa shape index (κ2) is 7.63. The number of aromatic nitrogens is 3. The first-order valence-electron chi connectivity index (χ1n) is 9.33. The summed E-state index contributed by atoms with van der Waals surface area (Å²) in [5, 5.41) is 7.62. The molecule has 0 unspecified atom stereocenters. The van der Waals surface area contributed by atoms with Gasteiger partial charge >= 0.3 is 0 Å². The zero-order valence-corrected chi connectivity index (χ0v) is 17.5. The molecule has 0 spiro atoms. The average Bonchev–Trinajstić information content (AvgIpc) is 3.06. The molecule has 1 aliphatic rings. The third-order valence-electron chi connectivity index (χ3n) is 4.89. The van der Waals surface area contributed by atoms with Crippen LogP contribution in [0.1, 0.15) is 39.3 Å². The zero-order valence-electron chi connectivity index (χ0n) is 16.7. The predicted molar refractivity (Wildman–Crippen MR) is 108 cm³/mol. The fourth-order valence-electron chi connectivity index (χ4n) is 3.17. The van der Waals surface area contributed by atoms with Crippen molar-refractivity contribution in [1.82, 2.24) is 19.1 Å². The number of hydrogen-bond donors (Lipinski definition) is 1. The normalized spacial score (nSPS) is 16.9. The highest BCUT2D eigenvalue weighted by molar-refractivity contribution is 7.88. The predicted octanol–water partition coefficient (Wildman–Crippen LogP) is 2.17. The summed E-state index contributed by atoms with van der Waals surface area (Å²) in [6, 6.07) is 7.40. The molecule has 1 amide bonds. The summed E-state index contributed by atoms with van der Waals surface area (Å²) < 4.78 is 26.4. The number of pyridine rings is 1. The van der Waals surface area contributed by atoms with Crippen molar-refractivity contribution in [2.24, 2.45) is 5.92 Å². The van der Waals surface area contributed by atoms with Gasteiger partial charge in [0.15, 0.2) is 5.82 Å². The molecule has 2 aromatic heterocycles. The average molecular weight is 406 g/mol. The third kappa shape index (κ3) is 4.59. The van der Waals surface area contributed by atoms with E-state index in [-0.39, 0.29) is 17.2 Å². The van der Waals surface area contributed by atoms with Gasteiger partial charge in [0.1, 0.15) is 5.82 Å². The molecule has 1 saturated heterocycles. The number of nitrogens with zero attached hydrogens (tertiary/aromatic N) is 4. The van der Waals surface area contributed by atoms with Crippen molar-refractivity contribution in [3.63, 3.8) is 0 Å². The molecule has 3 rings (SSSR count). The van der Waals surface area contributed by atoms with Gasteiger partial charge in [-0.05, 0) is 25.0 Å². The van der Waals surface area contributed by atoms with E-state index in [1.807, 2.05) is 24.3 Å². The molecule has 0 atom stereocenters. The van der Waals surface area contributed by atoms with Crippen molar-refractivity contribution in [1.29, 1.82) is 0 Å². The molecular weight excluding hydrogens is 378 g/mol. The highest BCUT2D eigenvalue weighted by Crippen LogP contribution is 2.27. The van der Waals surface area contributed by atoms with Crippen LogP contribution in [0.2, 0.25) is 0 Å². The van der Waals surface area contributed by atoms with Crippen molar-refractivity contribution in [3.05, 3.63) is 36.2 Å². The van der Waals surface area contributed by atoms with Gasteiger partial charge in [0.2, 0.25) is 15.9 Å². The van der Waals surface area contributed by atoms with Crippen LogP contribution in [-0.4, -0.2) is 52.7 Å². The minimum Gasteiger partial charge on any atom is -0.310 e. The van der Waals surface area contributed by atoms with Gasteiger partial charge in [0.25, 0.3) is 0 Å². The Morgan fingerprint density at radius 3 is 2.43 bits per heavy atom. The van der Waals surface area contributed by atoms with E-state index in [1.165, 1.54) is 10.6 Å². The highest BCUT2D eigenvalue weighted by atomic mass is 32.2. The first-order chi connectivity index (χ1) is 13.1. The molecule has 8 nitrogen and oxygen atoms in total. The van der Waals surface area contributed by atoms with Crippen LogP contribution in [0.3, 0.4) is 0 Å². The molecule has 152 valence electrons. The molecule has 3 heterocycles. The van der Waals surface area contributed by atoms with Crippen molar-refractivity contribution >= 4 is 21.7 Å². The number of piperidine rings is 1. The minimum atomic E-state index is -3.21. The van der Waals surface area contributed by atoms with Gasteiger partial charge < -0.3 is 5.32 Å². The lowest BCUT2D eigenvalue weighted by molar-refractivity contribution is -0.120. The van der Waals surface area contributed by atoms with Gasteiger partial charge in [-0.3, -0.25) is 4.79 Å². The fraction of sp³-hybridized carbons (Fsp3) is 0.526. The second-order valence-corrected chi connectivity index (χ2v) is 10.2. The lowest BCUT2D eigenvalue weighted by Gasteiger charge is -2.29. The van der Waals surface area contributed by atoms with E-state index < -0.39 is 10.0 Å². The monoisotopic (exact) mass is 405 g/mol. The lowest BCUT2D eigenvalue weighted by Crippen LogP contribution is -2.41. The number of rotatable bonds is 4. The standard InChI is InChI=1S/C19H27N5O3S/c1-19(2,3)15-13-17(24(22-15)16-7-5-6-10-20-16)21-18(25)14-8-11-23(12-9-14)28(4,26)27/h5-7,10,13-14H,8-9,11-12H2,1-4H3,(H,21,25). The smallest absolute Gasteiger partial charge is 0.228 e. The number of sulfonamides is 1. The summed E-state index contributed by atoms with van der Waals surface area (Å²) in [7, 11) is -3.21. The van der Waals surface area contributed by atoms with Gasteiger partial charge in [-0.1, -0.05) is 26.8 Å². The van der Waals surface area contributed by atoms with E-state index in [0.717, 1.165) is 5.69 Å². The molecule has 0 aromatic carbocycles. The largest absolute Gasteiger partial charge is 0.310 e. The molecule has 1 aliphatic heterocycles. The number of hydrogen-bond acceptors (Lipinski definition) is 5. The van der Waals surface area contributed by atoms with Crippen LogP contribution in [-0.2, 0) is 20.2 Å². The summed E-state index contributed by atoms with van der Waals surface area (Å²) in [5.74, 6) is 0.841. The molecule has 1 fully saturated rings. The van der Waals surface area contributed by atoms with Crippen molar-refractivity contribution in [3.8, 4) is 5.82 Å². The Morgan fingerprint density at radius 2 is 1.89 bits per heavy atom. The summed E-state index contributed by atoms with van der Waals surface area (Å²) in [5.41, 5.74) is 0.667. The van der Waals surface area contributed by atoms with E-state index in [9.17, 15) is 13.2 Å². The van der Waals surface area contributed by atoms with Crippen LogP contribution in [0.5, 0.6) is 0 Å². The van der Waals surface area contributed by atoms with Crippen LogP contribution < -0.4 is 5.32 Å². The van der Waals surface area contributed by atoms with E-state index in [1.54, 1.807) is 10.9 Å². The van der Waals surface area contributed by atoms with Crippen molar-refractivity contribution in [2.75, 3.05) is 24.7 Å². The van der Waals surface area contributed by atoms with E-state index >= 15 is 0 Å². The Balaban J connectivity index is 1.80. The third-order valence-corrected chi connectivity index (χ3v) is 6.19. The van der Waals surface area contributed by atoms with Gasteiger partial charge in [0, 0.05) is 36.7 Å². The quantitative estimate of drug-likeness (QED) is 0.841. The molecule has 1 N–H and O–H groups in total. The first kappa shape index (κ1) is 20.5. The molecule has 9 heteroatoms. The maximum atomic E-state index is 12.8. The summed E-state index contributed by atoms with van der Waals surface area (Å²) in [6.07, 6.45) is 3.89. The maximum Gasteiger partial charge on any atom is 0.228 e. The zero-order chi connectivity index (χ0) is 20.5. The van der Waals surface area contributed by atoms with Gasteiger partial charge in [0.05, 0.1) is 11.9 Å². The molecule has 0 aliphatic carbocycles. The van der Waals surface area contributed by atoms with Crippen LogP contribution >= 0.6 is 0 Å². The molecule has 0 saturated carbocycles.